The molecule has 0 bridgehead atoms. The third kappa shape index (κ3) is 4.67. The minimum absolute atomic E-state index is 0.285. The second-order valence-electron chi connectivity index (χ2n) is 16.8. The molecular formula is C58H41N. The van der Waals surface area contributed by atoms with Gasteiger partial charge >= 0.3 is 0 Å². The number of nitrogens with zero attached hydrogens (tertiary/aromatic N) is 1. The summed E-state index contributed by atoms with van der Waals surface area (Å²) >= 11 is 0. The summed E-state index contributed by atoms with van der Waals surface area (Å²) in [6.07, 6.45) is 0. The third-order valence-electron chi connectivity index (χ3n) is 13.5. The number of benzene rings is 9. The smallest absolute Gasteiger partial charge is 0.0725 e. The fraction of sp³-hybridized carbons (Fsp3) is 0.0690. The summed E-state index contributed by atoms with van der Waals surface area (Å²) in [6, 6.07) is 78.9. The Balaban J connectivity index is 1.11. The van der Waals surface area contributed by atoms with Gasteiger partial charge in [-0.3, -0.25) is 0 Å². The highest BCUT2D eigenvalue weighted by molar-refractivity contribution is 6.07. The average molecular weight is 752 g/mol. The van der Waals surface area contributed by atoms with Crippen molar-refractivity contribution in [3.05, 3.63) is 246 Å². The van der Waals surface area contributed by atoms with Crippen LogP contribution >= 0.6 is 0 Å². The Hall–Kier alpha value is -7.22. The highest BCUT2D eigenvalue weighted by atomic mass is 15.1. The van der Waals surface area contributed by atoms with Gasteiger partial charge in [0.1, 0.15) is 0 Å². The van der Waals surface area contributed by atoms with Crippen molar-refractivity contribution < 1.29 is 0 Å². The molecule has 59 heavy (non-hydrogen) atoms. The molecule has 3 aliphatic carbocycles. The van der Waals surface area contributed by atoms with Crippen molar-refractivity contribution in [1.29, 1.82) is 0 Å². The average Bonchev–Trinajstić information content (AvgIpc) is 3.85. The molecule has 0 radical (unpaired) electrons. The predicted octanol–water partition coefficient (Wildman–Crippen LogP) is 15.1. The SMILES string of the molecule is CC1(C)c2cc(N(c3ccccc3)c3ccc(-c4ccccc4)cc3)ccc2-c2c1cc1c(c2-c2ccccc2)-c2ccccc2C12c1ccccc1-c1ccccc12. The molecule has 9 aromatic carbocycles. The quantitative estimate of drug-likeness (QED) is 0.169. The van der Waals surface area contributed by atoms with Gasteiger partial charge in [-0.1, -0.05) is 190 Å². The van der Waals surface area contributed by atoms with Crippen LogP contribution in [-0.4, -0.2) is 0 Å². The number of fused-ring (bicyclic) bond motifs is 13. The highest BCUT2D eigenvalue weighted by Gasteiger charge is 2.54. The van der Waals surface area contributed by atoms with E-state index in [0.29, 0.717) is 0 Å². The van der Waals surface area contributed by atoms with E-state index in [0.717, 1.165) is 17.1 Å². The summed E-state index contributed by atoms with van der Waals surface area (Å²) in [5.41, 5.74) is 24.0. The van der Waals surface area contributed by atoms with Gasteiger partial charge < -0.3 is 4.90 Å². The molecule has 0 fully saturated rings. The number of para-hydroxylation sites is 1. The zero-order chi connectivity index (χ0) is 39.3. The topological polar surface area (TPSA) is 3.24 Å². The molecule has 0 aromatic heterocycles. The van der Waals surface area contributed by atoms with E-state index >= 15 is 0 Å². The fourth-order valence-electron chi connectivity index (χ4n) is 10.9. The van der Waals surface area contributed by atoms with Gasteiger partial charge in [-0.25, -0.2) is 0 Å². The van der Waals surface area contributed by atoms with Crippen LogP contribution in [0.1, 0.15) is 47.2 Å². The maximum absolute atomic E-state index is 2.62. The van der Waals surface area contributed by atoms with E-state index in [2.05, 4.69) is 231 Å². The molecule has 3 aliphatic rings. The van der Waals surface area contributed by atoms with Crippen molar-refractivity contribution in [1.82, 2.24) is 0 Å². The lowest BCUT2D eigenvalue weighted by atomic mass is 9.69. The van der Waals surface area contributed by atoms with E-state index < -0.39 is 5.41 Å². The number of hydrogen-bond donors (Lipinski definition) is 0. The van der Waals surface area contributed by atoms with E-state index in [1.165, 1.54) is 89.0 Å². The van der Waals surface area contributed by atoms with Crippen molar-refractivity contribution in [3.8, 4) is 55.6 Å². The normalized spacial score (nSPS) is 14.2. The molecule has 0 saturated heterocycles. The molecule has 0 N–H and O–H groups in total. The molecule has 0 atom stereocenters. The standard InChI is InChI=1S/C58H41N/c1-57(2)51-36-43(59(41-22-10-5-11-23-41)42-32-30-39(31-33-42)38-18-6-3-7-19-38)34-35-47(51)55-52(57)37-53-56(54(55)40-20-8-4-9-21-40)46-26-14-17-29-50(46)58(53)48-27-15-12-24-44(48)45-25-13-16-28-49(45)58/h3-37H,1-2H3. The van der Waals surface area contributed by atoms with Gasteiger partial charge in [0.25, 0.3) is 0 Å². The first kappa shape index (κ1) is 33.9. The molecule has 12 rings (SSSR count). The fourth-order valence-corrected chi connectivity index (χ4v) is 10.9. The largest absolute Gasteiger partial charge is 0.310 e. The van der Waals surface area contributed by atoms with Gasteiger partial charge in [0.05, 0.1) is 5.41 Å². The van der Waals surface area contributed by atoms with Crippen LogP contribution in [0, 0.1) is 0 Å². The van der Waals surface area contributed by atoms with E-state index in [4.69, 9.17) is 0 Å². The third-order valence-corrected chi connectivity index (χ3v) is 13.5. The van der Waals surface area contributed by atoms with Crippen LogP contribution < -0.4 is 4.90 Å². The summed E-state index contributed by atoms with van der Waals surface area (Å²) in [5.74, 6) is 0. The lowest BCUT2D eigenvalue weighted by Gasteiger charge is -2.32. The van der Waals surface area contributed by atoms with Crippen molar-refractivity contribution in [2.75, 3.05) is 4.90 Å². The zero-order valence-corrected chi connectivity index (χ0v) is 33.2. The van der Waals surface area contributed by atoms with Crippen LogP contribution in [0.4, 0.5) is 17.1 Å². The van der Waals surface area contributed by atoms with E-state index in [9.17, 15) is 0 Å². The molecule has 1 heteroatoms. The van der Waals surface area contributed by atoms with E-state index in [-0.39, 0.29) is 5.41 Å². The van der Waals surface area contributed by atoms with Crippen molar-refractivity contribution in [2.24, 2.45) is 0 Å². The van der Waals surface area contributed by atoms with Gasteiger partial charge in [-0.15, -0.1) is 0 Å². The van der Waals surface area contributed by atoms with E-state index in [1.54, 1.807) is 0 Å². The summed E-state index contributed by atoms with van der Waals surface area (Å²) in [6.45, 7) is 4.88. The van der Waals surface area contributed by atoms with Gasteiger partial charge in [0, 0.05) is 22.5 Å². The van der Waals surface area contributed by atoms with Gasteiger partial charge in [-0.05, 0) is 125 Å². The molecule has 0 unspecified atom stereocenters. The molecule has 1 spiro atoms. The van der Waals surface area contributed by atoms with Crippen LogP contribution in [0.5, 0.6) is 0 Å². The Kier molecular flexibility index (Phi) is 7.26. The first-order chi connectivity index (χ1) is 29.0. The Morgan fingerprint density at radius 1 is 0.288 bits per heavy atom. The highest BCUT2D eigenvalue weighted by Crippen LogP contribution is 2.67. The second-order valence-corrected chi connectivity index (χ2v) is 16.8. The maximum atomic E-state index is 2.62. The first-order valence-electron chi connectivity index (χ1n) is 20.8. The summed E-state index contributed by atoms with van der Waals surface area (Å²) in [4.78, 5) is 2.41. The molecular weight excluding hydrogens is 711 g/mol. The van der Waals surface area contributed by atoms with E-state index in [1.807, 2.05) is 0 Å². The first-order valence-corrected chi connectivity index (χ1v) is 20.8. The molecule has 0 heterocycles. The van der Waals surface area contributed by atoms with Crippen LogP contribution in [0.25, 0.3) is 55.6 Å². The van der Waals surface area contributed by atoms with Crippen molar-refractivity contribution in [2.45, 2.75) is 24.7 Å². The molecule has 278 valence electrons. The molecule has 1 nitrogen and oxygen atoms in total. The predicted molar refractivity (Wildman–Crippen MR) is 246 cm³/mol. The number of hydrogen-bond acceptors (Lipinski definition) is 1. The lowest BCUT2D eigenvalue weighted by molar-refractivity contribution is 0.657. The van der Waals surface area contributed by atoms with Crippen molar-refractivity contribution >= 4 is 17.1 Å². The van der Waals surface area contributed by atoms with Crippen LogP contribution in [0.2, 0.25) is 0 Å². The molecule has 9 aromatic rings. The summed E-state index contributed by atoms with van der Waals surface area (Å²) < 4.78 is 0. The Labute approximate surface area is 346 Å². The minimum Gasteiger partial charge on any atom is -0.310 e. The van der Waals surface area contributed by atoms with Crippen LogP contribution in [0.3, 0.4) is 0 Å². The van der Waals surface area contributed by atoms with Crippen LogP contribution in [0.15, 0.2) is 212 Å². The Bertz CT molecular complexity index is 3060. The zero-order valence-electron chi connectivity index (χ0n) is 33.2. The maximum Gasteiger partial charge on any atom is 0.0725 e. The molecule has 0 saturated carbocycles. The summed E-state index contributed by atoms with van der Waals surface area (Å²) in [5, 5.41) is 0. The van der Waals surface area contributed by atoms with Crippen molar-refractivity contribution in [3.63, 3.8) is 0 Å². The minimum atomic E-state index is -0.427. The Morgan fingerprint density at radius 3 is 1.36 bits per heavy atom. The number of rotatable bonds is 5. The Morgan fingerprint density at radius 2 is 0.729 bits per heavy atom. The van der Waals surface area contributed by atoms with Gasteiger partial charge in [-0.2, -0.15) is 0 Å². The van der Waals surface area contributed by atoms with Gasteiger partial charge in [0.2, 0.25) is 0 Å². The summed E-state index contributed by atoms with van der Waals surface area (Å²) in [7, 11) is 0. The molecule has 0 amide bonds. The monoisotopic (exact) mass is 751 g/mol. The van der Waals surface area contributed by atoms with Crippen LogP contribution in [-0.2, 0) is 10.8 Å². The molecule has 0 aliphatic heterocycles. The number of anilines is 3. The van der Waals surface area contributed by atoms with Gasteiger partial charge in [0.15, 0.2) is 0 Å². The lowest BCUT2D eigenvalue weighted by Crippen LogP contribution is -2.26. The second kappa shape index (κ2) is 12.6.